The van der Waals surface area contributed by atoms with Gasteiger partial charge in [-0.15, -0.1) is 0 Å². The molecule has 4 aliphatic carbocycles. The Hall–Kier alpha value is 1.60. The van der Waals surface area contributed by atoms with E-state index in [-0.39, 0.29) is 0 Å². The van der Waals surface area contributed by atoms with Crippen molar-refractivity contribution in [3.05, 3.63) is 0 Å². The van der Waals surface area contributed by atoms with Crippen molar-refractivity contribution in [3.8, 4) is 0 Å². The van der Waals surface area contributed by atoms with Gasteiger partial charge in [-0.1, -0.05) is 0 Å². The fraction of sp³-hybridized carbons (Fsp3) is 1.00. The van der Waals surface area contributed by atoms with Gasteiger partial charge in [0.2, 0.25) is 0 Å². The summed E-state index contributed by atoms with van der Waals surface area (Å²) in [6.45, 7) is 0. The maximum absolute atomic E-state index is 2.73. The van der Waals surface area contributed by atoms with Gasteiger partial charge in [0.1, 0.15) is 0 Å². The third-order valence-corrected chi connectivity index (χ3v) is 26.1. The van der Waals surface area contributed by atoms with Gasteiger partial charge in [-0.2, -0.15) is 0 Å². The summed E-state index contributed by atoms with van der Waals surface area (Å²) in [4.78, 5) is 16.4. The molecule has 0 spiro atoms. The molecule has 0 amide bonds. The van der Waals surface area contributed by atoms with Crippen LogP contribution in [0.5, 0.6) is 0 Å². The van der Waals surface area contributed by atoms with E-state index < -0.39 is 36.8 Å². The first-order valence-corrected chi connectivity index (χ1v) is 28.3. The third-order valence-electron chi connectivity index (χ3n) is 6.86. The molecular weight excluding hydrogens is 430 g/mol. The summed E-state index contributed by atoms with van der Waals surface area (Å²) in [7, 11) is 0. The van der Waals surface area contributed by atoms with E-state index in [4.69, 9.17) is 0 Å². The first-order valence-electron chi connectivity index (χ1n) is 8.12. The van der Waals surface area contributed by atoms with Crippen molar-refractivity contribution in [2.45, 2.75) is 69.1 Å². The van der Waals surface area contributed by atoms with Crippen LogP contribution in [0.3, 0.4) is 0 Å². The molecule has 4 rings (SSSR count). The van der Waals surface area contributed by atoms with Gasteiger partial charge in [-0.05, 0) is 0 Å². The molecule has 4 bridgehead atoms. The van der Waals surface area contributed by atoms with Crippen LogP contribution >= 0.6 is 0 Å². The van der Waals surface area contributed by atoms with E-state index in [2.05, 4.69) is 29.6 Å². The molecule has 0 aromatic carbocycles. The zero-order valence-corrected chi connectivity index (χ0v) is 19.1. The van der Waals surface area contributed by atoms with Gasteiger partial charge in [-0.3, -0.25) is 0 Å². The Morgan fingerprint density at radius 2 is 1.28 bits per heavy atom. The van der Waals surface area contributed by atoms with Crippen molar-refractivity contribution in [3.63, 3.8) is 0 Å². The zero-order valence-electron chi connectivity index (χ0n) is 13.3. The van der Waals surface area contributed by atoms with Gasteiger partial charge in [0, 0.05) is 0 Å². The molecule has 0 nitrogen and oxygen atoms in total. The third kappa shape index (κ3) is 2.14. The second kappa shape index (κ2) is 4.30. The van der Waals surface area contributed by atoms with Gasteiger partial charge >= 0.3 is 124 Å². The van der Waals surface area contributed by atoms with E-state index in [1.54, 1.807) is 32.1 Å². The number of hydrogen-bond acceptors (Lipinski definition) is 0. The average Bonchev–Trinajstić information content (AvgIpc) is 2.10. The molecule has 0 aliphatic heterocycles. The first-order chi connectivity index (χ1) is 8.12. The molecule has 18 heavy (non-hydrogen) atoms. The Morgan fingerprint density at radius 3 is 1.67 bits per heavy atom. The van der Waals surface area contributed by atoms with E-state index in [1.165, 1.54) is 15.8 Å². The van der Waals surface area contributed by atoms with Gasteiger partial charge in [0.05, 0.1) is 0 Å². The molecule has 0 aromatic rings. The van der Waals surface area contributed by atoms with Crippen LogP contribution in [0.15, 0.2) is 0 Å². The summed E-state index contributed by atoms with van der Waals surface area (Å²) >= 11 is -3.44. The normalized spacial score (nSPS) is 47.7. The molecule has 0 aromatic heterocycles. The molecule has 0 saturated heterocycles. The fourth-order valence-corrected chi connectivity index (χ4v) is 23.4. The summed E-state index contributed by atoms with van der Waals surface area (Å²) in [5.74, 6) is 3.52. The first kappa shape index (κ1) is 14.5. The minimum atomic E-state index is -1.75. The predicted octanol–water partition coefficient (Wildman–Crippen LogP) is 5.61. The SMILES string of the molecule is [CH3][Sn]([CH3])([CH3])[CH]1C2CC3CC1C[C]([Sn]([CH3])([CH3])[CH3])(C3)C2. The van der Waals surface area contributed by atoms with Crippen molar-refractivity contribution >= 4 is 36.8 Å². The van der Waals surface area contributed by atoms with Crippen LogP contribution < -0.4 is 0 Å². The van der Waals surface area contributed by atoms with Crippen LogP contribution in [-0.2, 0) is 0 Å². The van der Waals surface area contributed by atoms with Crippen molar-refractivity contribution in [1.82, 2.24) is 0 Å². The van der Waals surface area contributed by atoms with Crippen molar-refractivity contribution < 1.29 is 0 Å². The fourth-order valence-electron chi connectivity index (χ4n) is 6.36. The Kier molecular flexibility index (Phi) is 3.47. The van der Waals surface area contributed by atoms with Crippen molar-refractivity contribution in [1.29, 1.82) is 0 Å². The Morgan fingerprint density at radius 1 is 0.778 bits per heavy atom. The molecule has 2 unspecified atom stereocenters. The average molecular weight is 462 g/mol. The predicted molar refractivity (Wildman–Crippen MR) is 86.7 cm³/mol. The summed E-state index contributed by atoms with van der Waals surface area (Å²) in [6, 6.07) is 0. The van der Waals surface area contributed by atoms with Crippen LogP contribution in [0, 0.1) is 17.8 Å². The van der Waals surface area contributed by atoms with Crippen LogP contribution in [-0.4, -0.2) is 36.8 Å². The van der Waals surface area contributed by atoms with E-state index in [0.29, 0.717) is 0 Å². The van der Waals surface area contributed by atoms with E-state index in [0.717, 1.165) is 9.35 Å². The van der Waals surface area contributed by atoms with Gasteiger partial charge in [0.25, 0.3) is 0 Å². The Bertz CT molecular complexity index is 331. The molecule has 104 valence electrons. The second-order valence-electron chi connectivity index (χ2n) is 9.89. The number of rotatable bonds is 2. The summed E-state index contributed by atoms with van der Waals surface area (Å²) in [5.41, 5.74) is 0. The topological polar surface area (TPSA) is 0 Å². The monoisotopic (exact) mass is 464 g/mol. The molecule has 4 saturated carbocycles. The minimum absolute atomic E-state index is 0.929. The van der Waals surface area contributed by atoms with Gasteiger partial charge in [0.15, 0.2) is 0 Å². The zero-order chi connectivity index (χ0) is 13.3. The molecule has 2 heteroatoms. The maximum atomic E-state index is 2.73. The molecular formula is C16H32Sn2. The summed E-state index contributed by atoms with van der Waals surface area (Å²) in [6.07, 6.45) is 8.29. The molecule has 0 heterocycles. The van der Waals surface area contributed by atoms with Crippen LogP contribution in [0.25, 0.3) is 0 Å². The standard InChI is InChI=1S/C10H14.6CH3.2Sn/c1-7-2-9-4-8(1)5-10(3-7)6-9;;;;;;;;/h1,7-9H,2-6H2;6*1H3;;. The van der Waals surface area contributed by atoms with Crippen LogP contribution in [0.4, 0.5) is 0 Å². The van der Waals surface area contributed by atoms with Crippen LogP contribution in [0.1, 0.15) is 32.1 Å². The molecule has 0 radical (unpaired) electrons. The van der Waals surface area contributed by atoms with E-state index in [1.807, 2.05) is 0 Å². The quantitative estimate of drug-likeness (QED) is 0.469. The molecule has 4 aliphatic rings. The molecule has 4 fully saturated rings. The van der Waals surface area contributed by atoms with E-state index in [9.17, 15) is 0 Å². The summed E-state index contributed by atoms with van der Waals surface area (Å²) in [5, 5.41) is 0. The number of hydrogen-bond donors (Lipinski definition) is 0. The molecule has 0 N–H and O–H groups in total. The van der Waals surface area contributed by atoms with E-state index >= 15 is 0 Å². The summed E-state index contributed by atoms with van der Waals surface area (Å²) < 4.78 is 2.18. The van der Waals surface area contributed by atoms with Gasteiger partial charge in [-0.25, -0.2) is 0 Å². The van der Waals surface area contributed by atoms with Crippen molar-refractivity contribution in [2.24, 2.45) is 17.8 Å². The Labute approximate surface area is 122 Å². The van der Waals surface area contributed by atoms with Crippen molar-refractivity contribution in [2.75, 3.05) is 0 Å². The second-order valence-corrected chi connectivity index (χ2v) is 41.2. The van der Waals surface area contributed by atoms with Gasteiger partial charge < -0.3 is 0 Å². The molecule has 2 atom stereocenters. The van der Waals surface area contributed by atoms with Crippen LogP contribution in [0.2, 0.25) is 37.0 Å². The Balaban J connectivity index is 1.94.